The number of anilines is 1. The van der Waals surface area contributed by atoms with Crippen molar-refractivity contribution in [1.29, 1.82) is 0 Å². The molecule has 3 N–H and O–H groups in total. The van der Waals surface area contributed by atoms with Gasteiger partial charge in [-0.25, -0.2) is 14.4 Å². The predicted octanol–water partition coefficient (Wildman–Crippen LogP) is 6.17. The average Bonchev–Trinajstić information content (AvgIpc) is 3.63. The Morgan fingerprint density at radius 1 is 1.14 bits per heavy atom. The summed E-state index contributed by atoms with van der Waals surface area (Å²) in [4.78, 5) is 28.6. The molecule has 0 aliphatic heterocycles. The van der Waals surface area contributed by atoms with Gasteiger partial charge in [-0.15, -0.1) is 0 Å². The topological polar surface area (TPSA) is 112 Å². The second-order valence-electron chi connectivity index (χ2n) is 8.37. The number of pyridine rings is 2. The number of nitrogens with one attached hydrogen (secondary N) is 3. The van der Waals surface area contributed by atoms with Gasteiger partial charge in [0.25, 0.3) is 0 Å². The van der Waals surface area contributed by atoms with Crippen molar-refractivity contribution in [2.75, 3.05) is 5.32 Å². The average molecular weight is 498 g/mol. The summed E-state index contributed by atoms with van der Waals surface area (Å²) in [5.41, 5.74) is 6.02. The molecule has 0 aliphatic rings. The largest absolute Gasteiger partial charge is 0.335 e. The molecular weight excluding hydrogens is 477 g/mol. The number of halogens is 1. The Labute approximate surface area is 208 Å². The molecule has 0 spiro atoms. The molecule has 0 aliphatic carbocycles. The molecule has 0 saturated carbocycles. The minimum atomic E-state index is -0.474. The number of imidazole rings is 1. The van der Waals surface area contributed by atoms with Gasteiger partial charge in [-0.3, -0.25) is 14.9 Å². The Morgan fingerprint density at radius 3 is 2.89 bits per heavy atom. The van der Waals surface area contributed by atoms with Crippen molar-refractivity contribution in [3.63, 3.8) is 0 Å². The van der Waals surface area contributed by atoms with E-state index >= 15 is 4.39 Å². The van der Waals surface area contributed by atoms with Crippen LogP contribution in [0, 0.1) is 5.82 Å². The smallest absolute Gasteiger partial charge is 0.224 e. The number of nitrogens with zero attached hydrogens (tertiary/aromatic N) is 4. The Morgan fingerprint density at radius 2 is 2.06 bits per heavy atom. The molecule has 0 atom stereocenters. The molecule has 0 saturated heterocycles. The van der Waals surface area contributed by atoms with Crippen molar-refractivity contribution >= 4 is 45.0 Å². The van der Waals surface area contributed by atoms with Crippen LogP contribution in [-0.2, 0) is 4.79 Å². The van der Waals surface area contributed by atoms with Gasteiger partial charge in [0.1, 0.15) is 11.2 Å². The number of hydrogen-bond donors (Lipinski definition) is 3. The SMILES string of the molecule is CCCC(=O)Nc1cncc(-c2cc(F)c3n[nH]c(-c4nc5nccc(-c6ccsc6)c5[nH]4)c3c2)c1. The summed E-state index contributed by atoms with van der Waals surface area (Å²) in [6.45, 7) is 1.94. The number of aromatic nitrogens is 6. The van der Waals surface area contributed by atoms with Crippen molar-refractivity contribution in [3.05, 3.63) is 65.5 Å². The van der Waals surface area contributed by atoms with Crippen LogP contribution in [0.15, 0.2) is 59.7 Å². The highest BCUT2D eigenvalue weighted by Gasteiger charge is 2.18. The molecule has 1 amide bonds. The van der Waals surface area contributed by atoms with Crippen molar-refractivity contribution < 1.29 is 9.18 Å². The van der Waals surface area contributed by atoms with Crippen LogP contribution in [0.4, 0.5) is 10.1 Å². The standard InChI is InChI=1S/C26H20FN7OS/c1-2-3-21(35)30-17-8-16(11-28-12-17)15-9-19-22(20(27)10-15)33-34-24(19)26-31-23-18(14-5-7-36-13-14)4-6-29-25(23)32-26/h4-13H,2-3H2,1H3,(H,30,35)(H,33,34)(H,29,31,32). The van der Waals surface area contributed by atoms with Gasteiger partial charge in [0.15, 0.2) is 17.3 Å². The highest BCUT2D eigenvalue weighted by molar-refractivity contribution is 7.08. The van der Waals surface area contributed by atoms with E-state index in [1.54, 1.807) is 36.0 Å². The second kappa shape index (κ2) is 8.97. The fourth-order valence-electron chi connectivity index (χ4n) is 4.23. The molecule has 0 unspecified atom stereocenters. The zero-order chi connectivity index (χ0) is 24.6. The van der Waals surface area contributed by atoms with Gasteiger partial charge < -0.3 is 10.3 Å². The third kappa shape index (κ3) is 3.91. The lowest BCUT2D eigenvalue weighted by molar-refractivity contribution is -0.116. The van der Waals surface area contributed by atoms with Gasteiger partial charge in [0, 0.05) is 35.3 Å². The van der Waals surface area contributed by atoms with E-state index in [-0.39, 0.29) is 11.4 Å². The molecule has 0 bridgehead atoms. The molecule has 10 heteroatoms. The van der Waals surface area contributed by atoms with Gasteiger partial charge in [-0.05, 0) is 58.6 Å². The van der Waals surface area contributed by atoms with Crippen LogP contribution in [-0.4, -0.2) is 36.0 Å². The summed E-state index contributed by atoms with van der Waals surface area (Å²) in [6, 6.07) is 9.01. The van der Waals surface area contributed by atoms with Gasteiger partial charge in [0.05, 0.1) is 17.4 Å². The van der Waals surface area contributed by atoms with Crippen LogP contribution in [0.2, 0.25) is 0 Å². The maximum absolute atomic E-state index is 15.1. The van der Waals surface area contributed by atoms with Gasteiger partial charge >= 0.3 is 0 Å². The Hall–Kier alpha value is -4.44. The van der Waals surface area contributed by atoms with Crippen molar-refractivity contribution in [2.24, 2.45) is 0 Å². The third-order valence-corrected chi connectivity index (χ3v) is 6.59. The minimum absolute atomic E-state index is 0.0875. The maximum Gasteiger partial charge on any atom is 0.224 e. The highest BCUT2D eigenvalue weighted by atomic mass is 32.1. The van der Waals surface area contributed by atoms with E-state index in [0.717, 1.165) is 23.1 Å². The summed E-state index contributed by atoms with van der Waals surface area (Å²) in [5, 5.41) is 14.6. The minimum Gasteiger partial charge on any atom is -0.335 e. The number of H-pyrrole nitrogens is 2. The van der Waals surface area contributed by atoms with Crippen LogP contribution in [0.5, 0.6) is 0 Å². The number of aromatic amines is 2. The molecule has 6 rings (SSSR count). The Bertz CT molecular complexity index is 1720. The van der Waals surface area contributed by atoms with Crippen molar-refractivity contribution in [3.8, 4) is 33.8 Å². The summed E-state index contributed by atoms with van der Waals surface area (Å²) in [6.07, 6.45) is 6.09. The number of fused-ring (bicyclic) bond motifs is 2. The fraction of sp³-hybridized carbons (Fsp3) is 0.115. The van der Waals surface area contributed by atoms with Crippen LogP contribution in [0.3, 0.4) is 0 Å². The predicted molar refractivity (Wildman–Crippen MR) is 139 cm³/mol. The summed E-state index contributed by atoms with van der Waals surface area (Å²) < 4.78 is 15.1. The molecule has 0 radical (unpaired) electrons. The number of thiophene rings is 1. The molecule has 178 valence electrons. The fourth-order valence-corrected chi connectivity index (χ4v) is 4.88. The molecule has 5 aromatic heterocycles. The number of hydrogen-bond acceptors (Lipinski definition) is 6. The van der Waals surface area contributed by atoms with Gasteiger partial charge in [-0.2, -0.15) is 16.4 Å². The van der Waals surface area contributed by atoms with Crippen molar-refractivity contribution in [1.82, 2.24) is 30.1 Å². The van der Waals surface area contributed by atoms with E-state index in [9.17, 15) is 4.79 Å². The number of carbonyl (C=O) groups is 1. The number of carbonyl (C=O) groups excluding carboxylic acids is 1. The van der Waals surface area contributed by atoms with Gasteiger partial charge in [-0.1, -0.05) is 6.92 Å². The lowest BCUT2D eigenvalue weighted by atomic mass is 10.0. The third-order valence-electron chi connectivity index (χ3n) is 5.91. The molecule has 36 heavy (non-hydrogen) atoms. The normalized spacial score (nSPS) is 11.4. The molecule has 0 fully saturated rings. The first-order valence-electron chi connectivity index (χ1n) is 11.4. The zero-order valence-corrected chi connectivity index (χ0v) is 20.0. The summed E-state index contributed by atoms with van der Waals surface area (Å²) in [7, 11) is 0. The van der Waals surface area contributed by atoms with Crippen LogP contribution in [0.25, 0.3) is 55.8 Å². The first kappa shape index (κ1) is 22.1. The Balaban J connectivity index is 1.44. The second-order valence-corrected chi connectivity index (χ2v) is 9.15. The molecule has 1 aromatic carbocycles. The first-order valence-corrected chi connectivity index (χ1v) is 12.4. The number of amides is 1. The van der Waals surface area contributed by atoms with E-state index < -0.39 is 5.82 Å². The summed E-state index contributed by atoms with van der Waals surface area (Å²) >= 11 is 1.62. The zero-order valence-electron chi connectivity index (χ0n) is 19.2. The number of rotatable bonds is 6. The maximum atomic E-state index is 15.1. The van der Waals surface area contributed by atoms with E-state index in [0.29, 0.717) is 45.8 Å². The van der Waals surface area contributed by atoms with Crippen LogP contribution < -0.4 is 5.32 Å². The van der Waals surface area contributed by atoms with E-state index in [4.69, 9.17) is 0 Å². The van der Waals surface area contributed by atoms with Crippen LogP contribution >= 0.6 is 11.3 Å². The molecule has 8 nitrogen and oxygen atoms in total. The lowest BCUT2D eigenvalue weighted by Crippen LogP contribution is -2.10. The monoisotopic (exact) mass is 497 g/mol. The van der Waals surface area contributed by atoms with Gasteiger partial charge in [0.2, 0.25) is 5.91 Å². The van der Waals surface area contributed by atoms with E-state index in [1.165, 1.54) is 6.07 Å². The lowest BCUT2D eigenvalue weighted by Gasteiger charge is -2.07. The van der Waals surface area contributed by atoms with Crippen LogP contribution in [0.1, 0.15) is 19.8 Å². The molecular formula is C26H20FN7OS. The molecule has 6 aromatic rings. The number of benzene rings is 1. The summed E-state index contributed by atoms with van der Waals surface area (Å²) in [5.74, 6) is -0.0490. The Kier molecular flexibility index (Phi) is 5.49. The van der Waals surface area contributed by atoms with E-state index in [2.05, 4.69) is 40.8 Å². The van der Waals surface area contributed by atoms with E-state index in [1.807, 2.05) is 30.5 Å². The molecule has 5 heterocycles. The van der Waals surface area contributed by atoms with Crippen molar-refractivity contribution in [2.45, 2.75) is 19.8 Å². The quantitative estimate of drug-likeness (QED) is 0.255. The first-order chi connectivity index (χ1) is 17.6. The highest BCUT2D eigenvalue weighted by Crippen LogP contribution is 2.34.